The standard InChI is InChI=1S/3C13H19.H3O2PS2.3Zn/c3*1-2-3-4-5-7-10-13-11-8-6-9-12-13;1-3(2,4)5;;;/h3*6,8-9,11H,2-5,7,10H2,1H3;(H3,1,2,4,5);;;/q;;;;3*+1/p-3. The van der Waals surface area contributed by atoms with Crippen LogP contribution in [0.15, 0.2) is 72.8 Å². The van der Waals surface area contributed by atoms with Crippen LogP contribution in [-0.2, 0) is 98.2 Å². The Morgan fingerprint density at radius 1 is 0.468 bits per heavy atom. The zero-order chi connectivity index (χ0) is 35.2. The summed E-state index contributed by atoms with van der Waals surface area (Å²) in [6.45, 7) is 6.81. The summed E-state index contributed by atoms with van der Waals surface area (Å²) in [5.74, 6) is 0. The van der Waals surface area contributed by atoms with Crippen LogP contribution in [0, 0.1) is 0 Å². The van der Waals surface area contributed by atoms with Gasteiger partial charge in [0.15, 0.2) is 0 Å². The third-order valence-corrected chi connectivity index (χ3v) is 12.3. The van der Waals surface area contributed by atoms with Gasteiger partial charge in [-0.25, -0.2) is 0 Å². The van der Waals surface area contributed by atoms with Crippen LogP contribution in [0.2, 0.25) is 0 Å². The minimum Gasteiger partial charge on any atom is -0.850 e. The van der Waals surface area contributed by atoms with E-state index in [1.807, 2.05) is 0 Å². The van der Waals surface area contributed by atoms with Crippen molar-refractivity contribution in [2.75, 3.05) is 0 Å². The molecule has 3 aromatic carbocycles. The summed E-state index contributed by atoms with van der Waals surface area (Å²) in [6.07, 6.45) is 24.7. The molecule has 0 heterocycles. The predicted molar refractivity (Wildman–Crippen MR) is 197 cm³/mol. The van der Waals surface area contributed by atoms with Crippen LogP contribution in [0.25, 0.3) is 0 Å². The van der Waals surface area contributed by atoms with E-state index in [-0.39, 0.29) is 0 Å². The van der Waals surface area contributed by atoms with Crippen molar-refractivity contribution >= 4 is 42.2 Å². The number of aryl methyl sites for hydroxylation is 3. The molecule has 8 heteroatoms. The van der Waals surface area contributed by atoms with Gasteiger partial charge in [-0.05, 0) is 0 Å². The minimum absolute atomic E-state index is 1.29. The first-order valence-electron chi connectivity index (χ1n) is 18.0. The van der Waals surface area contributed by atoms with E-state index in [2.05, 4.69) is 118 Å². The molecule has 0 saturated carbocycles. The monoisotopic (exact) mass is 844 g/mol. The molecule has 3 rings (SSSR count). The van der Waals surface area contributed by atoms with Crippen molar-refractivity contribution in [3.8, 4) is 0 Å². The van der Waals surface area contributed by atoms with E-state index in [0.717, 1.165) is 0 Å². The molecule has 0 aliphatic carbocycles. The van der Waals surface area contributed by atoms with Gasteiger partial charge in [0.25, 0.3) is 0 Å². The van der Waals surface area contributed by atoms with Crippen LogP contribution in [0.5, 0.6) is 0 Å². The van der Waals surface area contributed by atoms with Crippen molar-refractivity contribution in [2.24, 2.45) is 0 Å². The fourth-order valence-corrected chi connectivity index (χ4v) is 7.87. The second kappa shape index (κ2) is 32.4. The Balaban J connectivity index is 0.000000629. The van der Waals surface area contributed by atoms with E-state index in [1.54, 1.807) is 29.2 Å². The SMILES string of the molecule is CCCCCCCc1cccc[c]1[Zn+].CCCCCCCc1cccc[c]1[Zn+].CCCCCCCc1cccc[c]1[Zn+].[O-]P([O-])(=S)[S-]. The molecule has 2 nitrogen and oxygen atoms in total. The number of rotatable bonds is 18. The summed E-state index contributed by atoms with van der Waals surface area (Å²) in [4.78, 5) is 18.6. The first kappa shape index (κ1) is 47.5. The fraction of sp³-hybridized carbons (Fsp3) is 0.538. The van der Waals surface area contributed by atoms with E-state index in [0.29, 0.717) is 0 Å². The van der Waals surface area contributed by atoms with Gasteiger partial charge in [0.2, 0.25) is 0 Å². The normalized spacial score (nSPS) is 10.6. The molecular formula is C39H57O2PS2Zn3. The van der Waals surface area contributed by atoms with Gasteiger partial charge in [0.05, 0.1) is 0 Å². The second-order valence-electron chi connectivity index (χ2n) is 12.2. The van der Waals surface area contributed by atoms with Gasteiger partial charge in [0, 0.05) is 0 Å². The molecule has 0 radical (unpaired) electrons. The maximum atomic E-state index is 9.29. The summed E-state index contributed by atoms with van der Waals surface area (Å²) in [5, 5.41) is 0. The van der Waals surface area contributed by atoms with Crippen molar-refractivity contribution in [2.45, 2.75) is 136 Å². The molecule has 0 fully saturated rings. The Kier molecular flexibility index (Phi) is 32.7. The molecule has 248 valence electrons. The van der Waals surface area contributed by atoms with Crippen LogP contribution in [0.3, 0.4) is 0 Å². The smallest absolute Gasteiger partial charge is 0.160 e. The Labute approximate surface area is 329 Å². The van der Waals surface area contributed by atoms with Gasteiger partial charge in [0.1, 0.15) is 0 Å². The van der Waals surface area contributed by atoms with Gasteiger partial charge in [-0.1, -0.05) is 0 Å². The molecule has 0 N–H and O–H groups in total. The van der Waals surface area contributed by atoms with Gasteiger partial charge in [-0.2, -0.15) is 11.8 Å². The summed E-state index contributed by atoms with van der Waals surface area (Å²) in [5.41, 5.74) is 1.04. The largest absolute Gasteiger partial charge is 0.850 e. The first-order valence-corrected chi connectivity index (χ1v) is 26.1. The second-order valence-corrected chi connectivity index (χ2v) is 21.5. The predicted octanol–water partition coefficient (Wildman–Crippen LogP) is 8.59. The molecule has 47 heavy (non-hydrogen) atoms. The first-order chi connectivity index (χ1) is 22.5. The Morgan fingerprint density at radius 2 is 0.681 bits per heavy atom. The third kappa shape index (κ3) is 31.0. The Hall–Kier alpha value is 0.450. The maximum absolute atomic E-state index is 9.29. The molecule has 0 aliphatic heterocycles. The van der Waals surface area contributed by atoms with Crippen molar-refractivity contribution in [3.05, 3.63) is 89.5 Å². The summed E-state index contributed by atoms with van der Waals surface area (Å²) < 4.78 is 4.72. The third-order valence-electron chi connectivity index (χ3n) is 8.00. The topological polar surface area (TPSA) is 46.1 Å². The van der Waals surface area contributed by atoms with Crippen molar-refractivity contribution in [1.82, 2.24) is 0 Å². The van der Waals surface area contributed by atoms with Crippen molar-refractivity contribution in [3.63, 3.8) is 0 Å². The number of unbranched alkanes of at least 4 members (excludes halogenated alkanes) is 12. The van der Waals surface area contributed by atoms with Crippen LogP contribution in [-0.4, -0.2) is 0 Å². The van der Waals surface area contributed by atoms with Crippen LogP contribution in [0.1, 0.15) is 134 Å². The van der Waals surface area contributed by atoms with Gasteiger partial charge in [-0.15, -0.1) is 0 Å². The Bertz CT molecular complexity index is 1070. The zero-order valence-corrected chi connectivity index (χ0v) is 41.3. The Morgan fingerprint density at radius 3 is 0.894 bits per heavy atom. The van der Waals surface area contributed by atoms with Crippen LogP contribution in [0.4, 0.5) is 0 Å². The minimum atomic E-state index is -3.72. The molecule has 0 spiro atoms. The van der Waals surface area contributed by atoms with Crippen molar-refractivity contribution < 1.29 is 64.7 Å². The van der Waals surface area contributed by atoms with E-state index >= 15 is 0 Å². The van der Waals surface area contributed by atoms with Crippen LogP contribution < -0.4 is 22.3 Å². The maximum Gasteiger partial charge on any atom is -0.160 e. The van der Waals surface area contributed by atoms with Crippen LogP contribution >= 0.6 is 5.69 Å². The van der Waals surface area contributed by atoms with E-state index in [4.69, 9.17) is 0 Å². The molecule has 0 amide bonds. The average molecular weight is 849 g/mol. The molecular weight excluding hydrogens is 792 g/mol. The summed E-state index contributed by atoms with van der Waals surface area (Å²) in [6, 6.07) is 26.6. The number of benzene rings is 3. The summed E-state index contributed by atoms with van der Waals surface area (Å²) >= 11 is 11.2. The van der Waals surface area contributed by atoms with Gasteiger partial charge >= 0.3 is 293 Å². The molecule has 0 bridgehead atoms. The molecule has 0 atom stereocenters. The zero-order valence-electron chi connectivity index (χ0n) is 29.9. The molecule has 0 unspecified atom stereocenters. The van der Waals surface area contributed by atoms with Gasteiger partial charge < -0.3 is 27.7 Å². The molecule has 0 aliphatic rings. The molecule has 0 saturated heterocycles. The quantitative estimate of drug-likeness (QED) is 0.0558. The van der Waals surface area contributed by atoms with E-state index in [1.165, 1.54) is 170 Å². The number of hydrogen-bond donors (Lipinski definition) is 0. The number of hydrogen-bond acceptors (Lipinski definition) is 4. The van der Waals surface area contributed by atoms with E-state index in [9.17, 15) is 9.79 Å². The molecule has 3 aromatic rings. The fourth-order valence-electron chi connectivity index (χ4n) is 5.16. The average Bonchev–Trinajstić information content (AvgIpc) is 3.03. The summed E-state index contributed by atoms with van der Waals surface area (Å²) in [7, 11) is 0. The molecule has 0 aromatic heterocycles. The van der Waals surface area contributed by atoms with E-state index < -0.39 is 5.69 Å². The van der Waals surface area contributed by atoms with Gasteiger partial charge in [-0.3, -0.25) is 0 Å². The van der Waals surface area contributed by atoms with Crippen molar-refractivity contribution in [1.29, 1.82) is 0 Å².